The molecule has 0 saturated heterocycles. The van der Waals surface area contributed by atoms with Gasteiger partial charge < -0.3 is 23.7 Å². The Bertz CT molecular complexity index is 278. The smallest absolute Gasteiger partial charge is 1.00 e. The molecule has 1 aromatic heterocycles. The van der Waals surface area contributed by atoms with Crippen molar-refractivity contribution in [2.24, 2.45) is 0 Å². The Balaban J connectivity index is 0. The monoisotopic (exact) mass is 296 g/mol. The number of halogens is 1. The number of allylic oxidation sites excluding steroid dienone is 8. The van der Waals surface area contributed by atoms with Crippen LogP contribution < -0.4 is 12.4 Å². The van der Waals surface area contributed by atoms with Crippen molar-refractivity contribution in [3.05, 3.63) is 71.5 Å². The maximum Gasteiger partial charge on any atom is 4.00 e. The average Bonchev–Trinajstić information content (AvgIpc) is 3.09. The van der Waals surface area contributed by atoms with Gasteiger partial charge in [0.2, 0.25) is 0 Å². The molecule has 3 heteroatoms. The molecule has 1 heterocycles. The van der Waals surface area contributed by atoms with Crippen LogP contribution in [0.3, 0.4) is 0 Å². The molecular formula is C14H13ClSTi. The van der Waals surface area contributed by atoms with Crippen LogP contribution in [-0.4, -0.2) is 0 Å². The fourth-order valence-corrected chi connectivity index (χ4v) is 1.27. The van der Waals surface area contributed by atoms with E-state index in [0.717, 1.165) is 12.8 Å². The van der Waals surface area contributed by atoms with Crippen LogP contribution in [0.5, 0.6) is 0 Å². The Hall–Kier alpha value is -0.336. The van der Waals surface area contributed by atoms with E-state index in [9.17, 15) is 0 Å². The van der Waals surface area contributed by atoms with Crippen molar-refractivity contribution in [1.29, 1.82) is 0 Å². The third kappa shape index (κ3) is 13.6. The predicted molar refractivity (Wildman–Crippen MR) is 66.3 cm³/mol. The molecule has 0 amide bonds. The number of rotatable bonds is 0. The minimum Gasteiger partial charge on any atom is -1.00 e. The summed E-state index contributed by atoms with van der Waals surface area (Å²) in [6, 6.07) is 3.86. The summed E-state index contributed by atoms with van der Waals surface area (Å²) in [5, 5.41) is 4.89. The average molecular weight is 297 g/mol. The van der Waals surface area contributed by atoms with Crippen molar-refractivity contribution >= 4 is 11.3 Å². The van der Waals surface area contributed by atoms with Crippen LogP contribution in [0.2, 0.25) is 0 Å². The molecule has 0 saturated carbocycles. The summed E-state index contributed by atoms with van der Waals surface area (Å²) in [7, 11) is 0. The summed E-state index contributed by atoms with van der Waals surface area (Å²) in [5.74, 6) is 0. The second-order valence-corrected chi connectivity index (χ2v) is 3.48. The fraction of sp³-hybridized carbons (Fsp3) is 0.143. The predicted octanol–water partition coefficient (Wildman–Crippen LogP) is 1.16. The Morgan fingerprint density at radius 2 is 1.53 bits per heavy atom. The van der Waals surface area contributed by atoms with Gasteiger partial charge in [0.1, 0.15) is 0 Å². The van der Waals surface area contributed by atoms with Gasteiger partial charge in [0, 0.05) is 0 Å². The van der Waals surface area contributed by atoms with Gasteiger partial charge in [-0.15, -0.1) is 18.2 Å². The Kier molecular flexibility index (Phi) is 17.5. The van der Waals surface area contributed by atoms with Crippen LogP contribution in [0.4, 0.5) is 0 Å². The second kappa shape index (κ2) is 15.7. The van der Waals surface area contributed by atoms with E-state index >= 15 is 0 Å². The topological polar surface area (TPSA) is 0 Å². The first kappa shape index (κ1) is 19.0. The molecule has 0 N–H and O–H groups in total. The van der Waals surface area contributed by atoms with Gasteiger partial charge in [-0.2, -0.15) is 23.6 Å². The Labute approximate surface area is 129 Å². The zero-order chi connectivity index (χ0) is 10.6. The second-order valence-electron chi connectivity index (χ2n) is 2.74. The van der Waals surface area contributed by atoms with Crippen molar-refractivity contribution < 1.29 is 34.1 Å². The van der Waals surface area contributed by atoms with E-state index in [1.807, 2.05) is 41.8 Å². The number of hydrogen-bond donors (Lipinski definition) is 0. The molecular weight excluding hydrogens is 284 g/mol. The van der Waals surface area contributed by atoms with E-state index in [1.165, 1.54) is 0 Å². The van der Waals surface area contributed by atoms with Gasteiger partial charge in [0.25, 0.3) is 0 Å². The van der Waals surface area contributed by atoms with E-state index in [2.05, 4.69) is 29.7 Å². The zero-order valence-corrected chi connectivity index (χ0v) is 12.5. The van der Waals surface area contributed by atoms with Crippen molar-refractivity contribution in [1.82, 2.24) is 0 Å². The number of thiophene rings is 1. The molecule has 0 nitrogen and oxygen atoms in total. The van der Waals surface area contributed by atoms with E-state index in [1.54, 1.807) is 11.3 Å². The molecule has 3 rings (SSSR count). The molecule has 0 aliphatic heterocycles. The van der Waals surface area contributed by atoms with Crippen LogP contribution in [0, 0.1) is 17.5 Å². The standard InChI is InChI=1S/2C5H5.C4H3S.ClH.Ti/c3*1-2-4-5-3-1;;/h2*1-3H,4H2;1-3H;1H;/q3*-1;;+4/p-1. The largest absolute Gasteiger partial charge is 4.00 e. The maximum absolute atomic E-state index is 2.99. The Morgan fingerprint density at radius 1 is 0.941 bits per heavy atom. The molecule has 0 atom stereocenters. The van der Waals surface area contributed by atoms with Crippen molar-refractivity contribution in [3.8, 4) is 0 Å². The maximum atomic E-state index is 2.99. The SMILES string of the molecule is [C-]1=CC=CC1.[C-]1=CC=CC1.[Cl-].[Ti+4].[c-]1cccs1. The minimum atomic E-state index is 0. The van der Waals surface area contributed by atoms with Crippen molar-refractivity contribution in [2.75, 3.05) is 0 Å². The van der Waals surface area contributed by atoms with Crippen LogP contribution in [0.1, 0.15) is 12.8 Å². The summed E-state index contributed by atoms with van der Waals surface area (Å²) in [6.07, 6.45) is 20.0. The molecule has 1 aromatic rings. The van der Waals surface area contributed by atoms with E-state index in [-0.39, 0.29) is 34.1 Å². The molecule has 86 valence electrons. The van der Waals surface area contributed by atoms with E-state index in [0.29, 0.717) is 0 Å². The van der Waals surface area contributed by atoms with Crippen LogP contribution in [0.15, 0.2) is 54.0 Å². The van der Waals surface area contributed by atoms with Gasteiger partial charge in [-0.1, -0.05) is 0 Å². The molecule has 2 aliphatic rings. The summed E-state index contributed by atoms with van der Waals surface area (Å²) >= 11 is 1.59. The Morgan fingerprint density at radius 3 is 1.65 bits per heavy atom. The quantitative estimate of drug-likeness (QED) is 0.498. The molecule has 17 heavy (non-hydrogen) atoms. The molecule has 0 bridgehead atoms. The summed E-state index contributed by atoms with van der Waals surface area (Å²) in [6.45, 7) is 0. The molecule has 0 unspecified atom stereocenters. The fourth-order valence-electron chi connectivity index (χ4n) is 0.877. The summed E-state index contributed by atoms with van der Waals surface area (Å²) in [4.78, 5) is 0. The molecule has 0 radical (unpaired) electrons. The summed E-state index contributed by atoms with van der Waals surface area (Å²) in [5.41, 5.74) is 0. The first-order valence-electron chi connectivity index (χ1n) is 4.83. The first-order valence-corrected chi connectivity index (χ1v) is 5.71. The van der Waals surface area contributed by atoms with Gasteiger partial charge in [0.05, 0.1) is 0 Å². The number of hydrogen-bond acceptors (Lipinski definition) is 1. The molecule has 0 spiro atoms. The molecule has 0 fully saturated rings. The molecule has 2 aliphatic carbocycles. The molecule has 0 aromatic carbocycles. The zero-order valence-electron chi connectivity index (χ0n) is 9.40. The van der Waals surface area contributed by atoms with Crippen LogP contribution in [0.25, 0.3) is 0 Å². The summed E-state index contributed by atoms with van der Waals surface area (Å²) < 4.78 is 0. The van der Waals surface area contributed by atoms with Gasteiger partial charge in [-0.3, -0.25) is 12.2 Å². The minimum absolute atomic E-state index is 0. The van der Waals surface area contributed by atoms with Gasteiger partial charge >= 0.3 is 21.7 Å². The van der Waals surface area contributed by atoms with Gasteiger partial charge in [-0.25, -0.2) is 30.4 Å². The third-order valence-electron chi connectivity index (χ3n) is 1.55. The third-order valence-corrected chi connectivity index (χ3v) is 2.12. The first-order chi connectivity index (χ1) is 7.50. The normalized spacial score (nSPS) is 12.7. The van der Waals surface area contributed by atoms with Crippen molar-refractivity contribution in [2.45, 2.75) is 12.8 Å². The van der Waals surface area contributed by atoms with E-state index < -0.39 is 0 Å². The van der Waals surface area contributed by atoms with E-state index in [4.69, 9.17) is 0 Å². The van der Waals surface area contributed by atoms with Crippen LogP contribution >= 0.6 is 11.3 Å². The van der Waals surface area contributed by atoms with Crippen molar-refractivity contribution in [3.63, 3.8) is 0 Å². The van der Waals surface area contributed by atoms with Gasteiger partial charge in [-0.05, 0) is 0 Å². The van der Waals surface area contributed by atoms with Crippen LogP contribution in [-0.2, 0) is 21.7 Å². The van der Waals surface area contributed by atoms with Gasteiger partial charge in [0.15, 0.2) is 0 Å².